The summed E-state index contributed by atoms with van der Waals surface area (Å²) < 4.78 is 5.26. The minimum absolute atomic E-state index is 0.417. The van der Waals surface area contributed by atoms with Crippen LogP contribution in [0.4, 0.5) is 0 Å². The fourth-order valence-electron chi connectivity index (χ4n) is 2.22. The highest BCUT2D eigenvalue weighted by atomic mass is 16.5. The van der Waals surface area contributed by atoms with Crippen LogP contribution >= 0.6 is 0 Å². The Hall–Kier alpha value is -1.78. The predicted octanol–water partition coefficient (Wildman–Crippen LogP) is 3.11. The summed E-state index contributed by atoms with van der Waals surface area (Å²) in [7, 11) is 1.63. The van der Waals surface area contributed by atoms with Gasteiger partial charge in [0.1, 0.15) is 0 Å². The lowest BCUT2D eigenvalue weighted by Gasteiger charge is -2.17. The monoisotopic (exact) mass is 306 g/mol. The van der Waals surface area contributed by atoms with Crippen LogP contribution in [0.2, 0.25) is 0 Å². The van der Waals surface area contributed by atoms with E-state index in [4.69, 9.17) is 4.74 Å². The molecule has 124 valence electrons. The number of aliphatic imine (C=N–C) groups is 1. The van der Waals surface area contributed by atoms with Gasteiger partial charge in [0.2, 0.25) is 5.88 Å². The molecule has 1 atom stereocenters. The van der Waals surface area contributed by atoms with E-state index >= 15 is 0 Å². The summed E-state index contributed by atoms with van der Waals surface area (Å²) in [6, 6.07) is 4.31. The second-order valence-electron chi connectivity index (χ2n) is 5.41. The number of methoxy groups -OCH3 is 1. The lowest BCUT2D eigenvalue weighted by atomic mass is 10.1. The maximum atomic E-state index is 5.26. The van der Waals surface area contributed by atoms with Crippen molar-refractivity contribution < 1.29 is 4.74 Å². The van der Waals surface area contributed by atoms with Gasteiger partial charge in [-0.2, -0.15) is 0 Å². The average Bonchev–Trinajstić information content (AvgIpc) is 2.53. The highest BCUT2D eigenvalue weighted by Gasteiger charge is 2.06. The van der Waals surface area contributed by atoms with Crippen LogP contribution in [0.1, 0.15) is 52.0 Å². The Bertz CT molecular complexity index is 448. The molecule has 0 aromatic carbocycles. The number of guanidine groups is 1. The van der Waals surface area contributed by atoms with Crippen LogP contribution in [0.5, 0.6) is 5.88 Å². The molecule has 5 heteroatoms. The Morgan fingerprint density at radius 2 is 2.18 bits per heavy atom. The van der Waals surface area contributed by atoms with Crippen molar-refractivity contribution >= 4 is 5.96 Å². The number of aromatic nitrogens is 1. The number of hydrogen-bond donors (Lipinski definition) is 2. The zero-order valence-corrected chi connectivity index (χ0v) is 14.4. The van der Waals surface area contributed by atoms with Crippen LogP contribution in [0.3, 0.4) is 0 Å². The first-order chi connectivity index (χ1) is 10.7. The van der Waals surface area contributed by atoms with Crippen LogP contribution in [-0.2, 0) is 6.54 Å². The molecule has 2 N–H and O–H groups in total. The summed E-state index contributed by atoms with van der Waals surface area (Å²) in [5.74, 6) is 1.48. The molecule has 0 saturated carbocycles. The van der Waals surface area contributed by atoms with Crippen LogP contribution in [-0.4, -0.2) is 30.6 Å². The van der Waals surface area contributed by atoms with Gasteiger partial charge in [0.05, 0.1) is 13.7 Å². The van der Waals surface area contributed by atoms with Gasteiger partial charge in [0.25, 0.3) is 0 Å². The third-order valence-corrected chi connectivity index (χ3v) is 3.42. The van der Waals surface area contributed by atoms with Gasteiger partial charge in [0, 0.05) is 24.3 Å². The first kappa shape index (κ1) is 18.3. The molecule has 22 heavy (non-hydrogen) atoms. The smallest absolute Gasteiger partial charge is 0.218 e. The summed E-state index contributed by atoms with van der Waals surface area (Å²) in [6.45, 7) is 7.90. The van der Waals surface area contributed by atoms with Crippen molar-refractivity contribution in [1.82, 2.24) is 15.6 Å². The second kappa shape index (κ2) is 10.9. The summed E-state index contributed by atoms with van der Waals surface area (Å²) in [6.07, 6.45) is 6.68. The van der Waals surface area contributed by atoms with Crippen LogP contribution in [0.25, 0.3) is 0 Å². The van der Waals surface area contributed by atoms with Gasteiger partial charge >= 0.3 is 0 Å². The van der Waals surface area contributed by atoms with Gasteiger partial charge in [-0.05, 0) is 26.3 Å². The molecule has 0 amide bonds. The van der Waals surface area contributed by atoms with E-state index in [-0.39, 0.29) is 0 Å². The Labute approximate surface area is 134 Å². The third-order valence-electron chi connectivity index (χ3n) is 3.42. The van der Waals surface area contributed by atoms with E-state index in [9.17, 15) is 0 Å². The average molecular weight is 306 g/mol. The van der Waals surface area contributed by atoms with E-state index in [0.29, 0.717) is 18.5 Å². The Kier molecular flexibility index (Phi) is 9.03. The molecule has 1 aromatic heterocycles. The zero-order valence-electron chi connectivity index (χ0n) is 14.4. The Morgan fingerprint density at radius 1 is 1.36 bits per heavy atom. The lowest BCUT2D eigenvalue weighted by molar-refractivity contribution is 0.392. The first-order valence-electron chi connectivity index (χ1n) is 8.23. The maximum Gasteiger partial charge on any atom is 0.218 e. The van der Waals surface area contributed by atoms with E-state index in [1.54, 1.807) is 13.3 Å². The number of unbranched alkanes of at least 4 members (excludes halogenated alkanes) is 2. The van der Waals surface area contributed by atoms with Crippen LogP contribution in [0.15, 0.2) is 23.3 Å². The predicted molar refractivity (Wildman–Crippen MR) is 92.3 cm³/mol. The fourth-order valence-corrected chi connectivity index (χ4v) is 2.22. The van der Waals surface area contributed by atoms with Crippen LogP contribution < -0.4 is 15.4 Å². The van der Waals surface area contributed by atoms with Crippen molar-refractivity contribution in [2.45, 2.75) is 59.0 Å². The van der Waals surface area contributed by atoms with Gasteiger partial charge in [-0.3, -0.25) is 0 Å². The van der Waals surface area contributed by atoms with Crippen LogP contribution in [0, 0.1) is 0 Å². The first-order valence-corrected chi connectivity index (χ1v) is 8.23. The summed E-state index contributed by atoms with van der Waals surface area (Å²) >= 11 is 0. The normalized spacial score (nSPS) is 12.8. The van der Waals surface area contributed by atoms with Crippen molar-refractivity contribution in [2.24, 2.45) is 4.99 Å². The van der Waals surface area contributed by atoms with Gasteiger partial charge in [0.15, 0.2) is 5.96 Å². The minimum atomic E-state index is 0.417. The van der Waals surface area contributed by atoms with E-state index in [1.165, 1.54) is 19.3 Å². The molecule has 0 aliphatic rings. The molecule has 0 saturated heterocycles. The molecule has 1 aromatic rings. The van der Waals surface area contributed by atoms with Gasteiger partial charge < -0.3 is 15.4 Å². The number of ether oxygens (including phenoxy) is 1. The quantitative estimate of drug-likeness (QED) is 0.418. The number of hydrogen-bond acceptors (Lipinski definition) is 3. The summed E-state index contributed by atoms with van der Waals surface area (Å²) in [5.41, 5.74) is 0.987. The van der Waals surface area contributed by atoms with Crippen molar-refractivity contribution in [3.05, 3.63) is 23.9 Å². The topological polar surface area (TPSA) is 58.5 Å². The van der Waals surface area contributed by atoms with Crippen molar-refractivity contribution in [2.75, 3.05) is 13.7 Å². The maximum absolute atomic E-state index is 5.26. The minimum Gasteiger partial charge on any atom is -0.481 e. The summed E-state index contributed by atoms with van der Waals surface area (Å²) in [4.78, 5) is 8.83. The molecule has 1 heterocycles. The molecule has 0 spiro atoms. The molecule has 5 nitrogen and oxygen atoms in total. The summed E-state index contributed by atoms with van der Waals surface area (Å²) in [5, 5.41) is 6.75. The molecule has 0 radical (unpaired) electrons. The molecule has 1 rings (SSSR count). The van der Waals surface area contributed by atoms with Crippen molar-refractivity contribution in [1.29, 1.82) is 0 Å². The number of nitrogens with one attached hydrogen (secondary N) is 2. The molecule has 1 unspecified atom stereocenters. The van der Waals surface area contributed by atoms with E-state index < -0.39 is 0 Å². The largest absolute Gasteiger partial charge is 0.481 e. The van der Waals surface area contributed by atoms with Gasteiger partial charge in [-0.25, -0.2) is 9.98 Å². The molecule has 0 aliphatic heterocycles. The standard InChI is InChI=1S/C17H30N4O/c1-5-7-8-10-14(3)21-17(18-6-2)20-13-15-11-9-12-19-16(15)22-4/h9,11-12,14H,5-8,10,13H2,1-4H3,(H2,18,20,21). The lowest BCUT2D eigenvalue weighted by Crippen LogP contribution is -2.42. The SMILES string of the molecule is CCCCCC(C)NC(=NCc1cccnc1OC)NCC. The molecule has 0 fully saturated rings. The number of rotatable bonds is 9. The highest BCUT2D eigenvalue weighted by Crippen LogP contribution is 2.14. The molecular formula is C17H30N4O. The van der Waals surface area contributed by atoms with E-state index in [2.05, 4.69) is 41.4 Å². The van der Waals surface area contributed by atoms with Crippen molar-refractivity contribution in [3.8, 4) is 5.88 Å². The highest BCUT2D eigenvalue weighted by molar-refractivity contribution is 5.80. The fraction of sp³-hybridized carbons (Fsp3) is 0.647. The Balaban J connectivity index is 2.61. The number of nitrogens with zero attached hydrogens (tertiary/aromatic N) is 2. The number of pyridine rings is 1. The zero-order chi connectivity index (χ0) is 16.2. The molecule has 0 aliphatic carbocycles. The molecule has 0 bridgehead atoms. The Morgan fingerprint density at radius 3 is 2.86 bits per heavy atom. The van der Waals surface area contributed by atoms with Crippen molar-refractivity contribution in [3.63, 3.8) is 0 Å². The second-order valence-corrected chi connectivity index (χ2v) is 5.41. The van der Waals surface area contributed by atoms with E-state index in [0.717, 1.165) is 24.5 Å². The third kappa shape index (κ3) is 6.78. The molecular weight excluding hydrogens is 276 g/mol. The van der Waals surface area contributed by atoms with Gasteiger partial charge in [-0.15, -0.1) is 0 Å². The van der Waals surface area contributed by atoms with Gasteiger partial charge in [-0.1, -0.05) is 32.3 Å². The van der Waals surface area contributed by atoms with E-state index in [1.807, 2.05) is 12.1 Å².